The number of benzene rings is 1. The summed E-state index contributed by atoms with van der Waals surface area (Å²) in [5.41, 5.74) is 3.27. The van der Waals surface area contributed by atoms with Crippen LogP contribution in [0, 0.1) is 6.92 Å². The molecule has 22 heavy (non-hydrogen) atoms. The van der Waals surface area contributed by atoms with Crippen LogP contribution in [0.4, 0.5) is 13.2 Å². The van der Waals surface area contributed by atoms with Crippen LogP contribution in [-0.4, -0.2) is 7.11 Å². The number of halogens is 3. The molecule has 1 aromatic rings. The Morgan fingerprint density at radius 2 is 1.73 bits per heavy atom. The number of ether oxygens (including phenoxy) is 1. The molecular formula is C18H25F3O. The van der Waals surface area contributed by atoms with Crippen LogP contribution in [0.1, 0.15) is 63.1 Å². The number of allylic oxidation sites excluding steroid dienone is 2. The number of alkyl halides is 3. The maximum atomic E-state index is 13.1. The Morgan fingerprint density at radius 3 is 2.14 bits per heavy atom. The summed E-state index contributed by atoms with van der Waals surface area (Å²) in [5.74, 6) is -0.106. The fraction of sp³-hybridized carbons (Fsp3) is 0.556. The highest BCUT2D eigenvalue weighted by atomic mass is 19.4. The molecule has 1 nitrogen and oxygen atoms in total. The van der Waals surface area contributed by atoms with Crippen LogP contribution in [0.2, 0.25) is 0 Å². The minimum atomic E-state index is -4.40. The molecule has 0 aromatic heterocycles. The first kappa shape index (κ1) is 18.6. The van der Waals surface area contributed by atoms with Crippen molar-refractivity contribution in [2.45, 2.75) is 59.6 Å². The predicted molar refractivity (Wildman–Crippen MR) is 85.1 cm³/mol. The third-order valence-corrected chi connectivity index (χ3v) is 3.94. The van der Waals surface area contributed by atoms with E-state index in [4.69, 9.17) is 4.74 Å². The summed E-state index contributed by atoms with van der Waals surface area (Å²) in [6.07, 6.45) is -0.675. The molecule has 0 aliphatic carbocycles. The first-order chi connectivity index (χ1) is 10.3. The Morgan fingerprint density at radius 1 is 1.09 bits per heavy atom. The van der Waals surface area contributed by atoms with E-state index in [1.165, 1.54) is 18.7 Å². The Bertz CT molecular complexity index is 542. The summed E-state index contributed by atoms with van der Waals surface area (Å²) >= 11 is 0. The first-order valence-corrected chi connectivity index (χ1v) is 7.77. The van der Waals surface area contributed by atoms with Crippen molar-refractivity contribution < 1.29 is 17.9 Å². The smallest absolute Gasteiger partial charge is 0.419 e. The van der Waals surface area contributed by atoms with Gasteiger partial charge < -0.3 is 4.74 Å². The fourth-order valence-electron chi connectivity index (χ4n) is 2.88. The van der Waals surface area contributed by atoms with Gasteiger partial charge >= 0.3 is 6.18 Å². The highest BCUT2D eigenvalue weighted by molar-refractivity contribution is 5.72. The molecule has 4 heteroatoms. The van der Waals surface area contributed by atoms with E-state index in [1.807, 2.05) is 6.92 Å². The lowest BCUT2D eigenvalue weighted by atomic mass is 9.89. The Labute approximate surface area is 131 Å². The molecule has 0 unspecified atom stereocenters. The second-order valence-corrected chi connectivity index (χ2v) is 5.40. The van der Waals surface area contributed by atoms with Crippen molar-refractivity contribution in [2.75, 3.05) is 7.11 Å². The highest BCUT2D eigenvalue weighted by Gasteiger charge is 2.35. The van der Waals surface area contributed by atoms with Crippen molar-refractivity contribution in [1.82, 2.24) is 0 Å². The predicted octanol–water partition coefficient (Wildman–Crippen LogP) is 6.40. The average molecular weight is 314 g/mol. The fourth-order valence-corrected chi connectivity index (χ4v) is 2.88. The Kier molecular flexibility index (Phi) is 6.51. The molecule has 1 aromatic carbocycles. The van der Waals surface area contributed by atoms with Gasteiger partial charge in [-0.15, -0.1) is 0 Å². The zero-order valence-corrected chi connectivity index (χ0v) is 14.0. The van der Waals surface area contributed by atoms with Crippen LogP contribution in [-0.2, 0) is 6.18 Å². The van der Waals surface area contributed by atoms with Crippen LogP contribution in [0.5, 0.6) is 5.75 Å². The van der Waals surface area contributed by atoms with E-state index in [-0.39, 0.29) is 5.75 Å². The van der Waals surface area contributed by atoms with Gasteiger partial charge in [-0.1, -0.05) is 32.8 Å². The zero-order valence-electron chi connectivity index (χ0n) is 14.0. The van der Waals surface area contributed by atoms with Crippen molar-refractivity contribution >= 4 is 5.57 Å². The summed E-state index contributed by atoms with van der Waals surface area (Å²) in [6.45, 7) is 7.99. The minimum absolute atomic E-state index is 0.106. The van der Waals surface area contributed by atoms with Gasteiger partial charge in [0.15, 0.2) is 0 Å². The maximum absolute atomic E-state index is 13.1. The summed E-state index contributed by atoms with van der Waals surface area (Å²) in [4.78, 5) is 0. The van der Waals surface area contributed by atoms with Crippen LogP contribution < -0.4 is 4.74 Å². The van der Waals surface area contributed by atoms with E-state index >= 15 is 0 Å². The number of rotatable bonds is 6. The topological polar surface area (TPSA) is 9.23 Å². The van der Waals surface area contributed by atoms with Crippen molar-refractivity contribution in [3.8, 4) is 5.75 Å². The van der Waals surface area contributed by atoms with E-state index in [1.54, 1.807) is 13.0 Å². The van der Waals surface area contributed by atoms with Crippen molar-refractivity contribution in [3.63, 3.8) is 0 Å². The molecule has 0 saturated carbocycles. The zero-order chi connectivity index (χ0) is 16.9. The molecule has 0 radical (unpaired) electrons. The summed E-state index contributed by atoms with van der Waals surface area (Å²) < 4.78 is 44.2. The second-order valence-electron chi connectivity index (χ2n) is 5.40. The van der Waals surface area contributed by atoms with Gasteiger partial charge in [-0.2, -0.15) is 13.2 Å². The highest BCUT2D eigenvalue weighted by Crippen LogP contribution is 2.40. The van der Waals surface area contributed by atoms with Crippen LogP contribution >= 0.6 is 0 Å². The number of hydrogen-bond acceptors (Lipinski definition) is 1. The van der Waals surface area contributed by atoms with Gasteiger partial charge in [0.05, 0.1) is 12.7 Å². The molecule has 0 amide bonds. The van der Waals surface area contributed by atoms with Gasteiger partial charge in [-0.3, -0.25) is 0 Å². The summed E-state index contributed by atoms with van der Waals surface area (Å²) in [5, 5.41) is 0. The number of hydrogen-bond donors (Lipinski definition) is 0. The van der Waals surface area contributed by atoms with Crippen LogP contribution in [0.25, 0.3) is 5.57 Å². The largest absolute Gasteiger partial charge is 0.496 e. The molecule has 0 aliphatic heterocycles. The Hall–Kier alpha value is -1.45. The lowest BCUT2D eigenvalue weighted by Crippen LogP contribution is -2.09. The van der Waals surface area contributed by atoms with Crippen molar-refractivity contribution in [1.29, 1.82) is 0 Å². The van der Waals surface area contributed by atoms with Gasteiger partial charge in [0.25, 0.3) is 0 Å². The van der Waals surface area contributed by atoms with Gasteiger partial charge in [-0.05, 0) is 55.0 Å². The molecular weight excluding hydrogens is 289 g/mol. The van der Waals surface area contributed by atoms with E-state index in [2.05, 4.69) is 13.8 Å². The first-order valence-electron chi connectivity index (χ1n) is 7.77. The minimum Gasteiger partial charge on any atom is -0.496 e. The lowest BCUT2D eigenvalue weighted by molar-refractivity contribution is -0.138. The molecule has 0 saturated heterocycles. The normalized spacial score (nSPS) is 13.1. The summed E-state index contributed by atoms with van der Waals surface area (Å²) in [7, 11) is 1.28. The summed E-state index contributed by atoms with van der Waals surface area (Å²) in [6, 6.07) is 2.74. The second kappa shape index (κ2) is 7.70. The van der Waals surface area contributed by atoms with E-state index in [0.29, 0.717) is 5.56 Å². The van der Waals surface area contributed by atoms with Gasteiger partial charge in [0.1, 0.15) is 5.75 Å². The monoisotopic (exact) mass is 314 g/mol. The lowest BCUT2D eigenvalue weighted by Gasteiger charge is -2.19. The molecule has 0 fully saturated rings. The van der Waals surface area contributed by atoms with E-state index in [9.17, 15) is 13.2 Å². The van der Waals surface area contributed by atoms with Gasteiger partial charge in [0, 0.05) is 0 Å². The molecule has 0 heterocycles. The van der Waals surface area contributed by atoms with Crippen molar-refractivity contribution in [3.05, 3.63) is 34.4 Å². The quantitative estimate of drug-likeness (QED) is 0.590. The third kappa shape index (κ3) is 4.05. The van der Waals surface area contributed by atoms with Crippen molar-refractivity contribution in [2.24, 2.45) is 0 Å². The third-order valence-electron chi connectivity index (χ3n) is 3.94. The average Bonchev–Trinajstić information content (AvgIpc) is 2.47. The van der Waals surface area contributed by atoms with Gasteiger partial charge in [0.2, 0.25) is 0 Å². The Balaban J connectivity index is 3.54. The number of aryl methyl sites for hydroxylation is 1. The molecule has 0 N–H and O–H groups in total. The molecule has 1 rings (SSSR count). The molecule has 0 aliphatic rings. The standard InChI is InChI=1S/C18H25F3O/c1-6-9-13(7-2)14(8-3)15-11-17(22-5)16(10-12(15)4)18(19,20)21/h10-11H,6-9H2,1-5H3/b14-13+. The van der Waals surface area contributed by atoms with E-state index < -0.39 is 11.7 Å². The van der Waals surface area contributed by atoms with Crippen LogP contribution in [0.3, 0.4) is 0 Å². The molecule has 124 valence electrons. The molecule has 0 spiro atoms. The molecule has 0 bridgehead atoms. The maximum Gasteiger partial charge on any atom is 0.419 e. The van der Waals surface area contributed by atoms with Gasteiger partial charge in [-0.25, -0.2) is 0 Å². The van der Waals surface area contributed by atoms with Crippen LogP contribution in [0.15, 0.2) is 17.7 Å². The molecule has 0 atom stereocenters. The number of methoxy groups -OCH3 is 1. The SMILES string of the molecule is CCC/C(CC)=C(\CC)c1cc(OC)c(C(F)(F)F)cc1C. The van der Waals surface area contributed by atoms with E-state index in [0.717, 1.165) is 36.8 Å².